The van der Waals surface area contributed by atoms with E-state index in [1.54, 1.807) is 6.20 Å². The van der Waals surface area contributed by atoms with Gasteiger partial charge in [0, 0.05) is 43.6 Å². The highest BCUT2D eigenvalue weighted by atomic mass is 16.5. The zero-order chi connectivity index (χ0) is 22.9. The lowest BCUT2D eigenvalue weighted by Crippen LogP contribution is -2.44. The highest BCUT2D eigenvalue weighted by Gasteiger charge is 2.34. The highest BCUT2D eigenvalue weighted by Crippen LogP contribution is 2.35. The summed E-state index contributed by atoms with van der Waals surface area (Å²) in [6, 6.07) is 18.2. The van der Waals surface area contributed by atoms with Gasteiger partial charge in [0.2, 0.25) is 5.91 Å². The van der Waals surface area contributed by atoms with Crippen LogP contribution in [-0.2, 0) is 21.4 Å². The SMILES string of the molecule is CCOc1ccc(C2(CNC(=O)CCCc3ncc(-c4ccccc4)o3)CCOCC2)cc1. The Kier molecular flexibility index (Phi) is 7.79. The standard InChI is InChI=1S/C27H32N2O4/c1-2-32-23-13-11-22(12-14-23)27(15-17-31-18-16-27)20-29-25(30)9-6-10-26-28-19-24(33-26)21-7-4-3-5-8-21/h3-5,7-8,11-14,19H,2,6,9-10,15-18,20H2,1H3,(H,29,30). The molecule has 0 atom stereocenters. The maximum Gasteiger partial charge on any atom is 0.220 e. The Morgan fingerprint density at radius 1 is 1.09 bits per heavy atom. The maximum absolute atomic E-state index is 12.6. The van der Waals surface area contributed by atoms with E-state index in [-0.39, 0.29) is 11.3 Å². The van der Waals surface area contributed by atoms with E-state index in [0.29, 0.717) is 51.5 Å². The molecule has 1 amide bonds. The Morgan fingerprint density at radius 2 is 1.85 bits per heavy atom. The first kappa shape index (κ1) is 23.1. The minimum atomic E-state index is -0.105. The van der Waals surface area contributed by atoms with E-state index in [1.165, 1.54) is 5.56 Å². The number of benzene rings is 2. The molecule has 3 aromatic rings. The molecule has 0 spiro atoms. The third kappa shape index (κ3) is 6.02. The molecular weight excluding hydrogens is 416 g/mol. The summed E-state index contributed by atoms with van der Waals surface area (Å²) in [5, 5.41) is 3.17. The molecule has 1 aliphatic rings. The molecule has 0 radical (unpaired) electrons. The molecule has 33 heavy (non-hydrogen) atoms. The zero-order valence-electron chi connectivity index (χ0n) is 19.2. The summed E-state index contributed by atoms with van der Waals surface area (Å²) in [6.07, 6.45) is 5.30. The molecule has 0 bridgehead atoms. The molecule has 6 heteroatoms. The van der Waals surface area contributed by atoms with E-state index in [4.69, 9.17) is 13.9 Å². The fourth-order valence-electron chi connectivity index (χ4n) is 4.32. The van der Waals surface area contributed by atoms with Crippen molar-refractivity contribution in [1.29, 1.82) is 0 Å². The van der Waals surface area contributed by atoms with Crippen molar-refractivity contribution in [2.45, 2.75) is 44.4 Å². The monoisotopic (exact) mass is 448 g/mol. The van der Waals surface area contributed by atoms with Gasteiger partial charge in [-0.25, -0.2) is 4.98 Å². The Morgan fingerprint density at radius 3 is 2.58 bits per heavy atom. The number of nitrogens with zero attached hydrogens (tertiary/aromatic N) is 1. The minimum absolute atomic E-state index is 0.0571. The van der Waals surface area contributed by atoms with E-state index >= 15 is 0 Å². The number of amides is 1. The number of nitrogens with one attached hydrogen (secondary N) is 1. The van der Waals surface area contributed by atoms with Crippen LogP contribution in [0.1, 0.15) is 44.1 Å². The van der Waals surface area contributed by atoms with E-state index in [1.807, 2.05) is 49.4 Å². The van der Waals surface area contributed by atoms with Crippen molar-refractivity contribution in [3.63, 3.8) is 0 Å². The van der Waals surface area contributed by atoms with Crippen LogP contribution in [0.25, 0.3) is 11.3 Å². The van der Waals surface area contributed by atoms with Crippen molar-refractivity contribution in [3.05, 3.63) is 72.2 Å². The Labute approximate surface area is 195 Å². The molecule has 0 saturated carbocycles. The number of carbonyl (C=O) groups is 1. The second-order valence-corrected chi connectivity index (χ2v) is 8.46. The summed E-state index contributed by atoms with van der Waals surface area (Å²) in [5.74, 6) is 2.35. The lowest BCUT2D eigenvalue weighted by Gasteiger charge is -2.38. The highest BCUT2D eigenvalue weighted by molar-refractivity contribution is 5.76. The number of aryl methyl sites for hydroxylation is 1. The number of hydrogen-bond donors (Lipinski definition) is 1. The van der Waals surface area contributed by atoms with Gasteiger partial charge in [-0.2, -0.15) is 0 Å². The summed E-state index contributed by atoms with van der Waals surface area (Å²) >= 11 is 0. The third-order valence-corrected chi connectivity index (χ3v) is 6.26. The van der Waals surface area contributed by atoms with Gasteiger partial charge in [0.05, 0.1) is 12.8 Å². The van der Waals surface area contributed by atoms with Crippen LogP contribution in [0.2, 0.25) is 0 Å². The molecule has 174 valence electrons. The Balaban J connectivity index is 1.29. The van der Waals surface area contributed by atoms with Gasteiger partial charge in [-0.15, -0.1) is 0 Å². The minimum Gasteiger partial charge on any atom is -0.494 e. The molecule has 4 rings (SSSR count). The summed E-state index contributed by atoms with van der Waals surface area (Å²) in [6.45, 7) is 4.65. The maximum atomic E-state index is 12.6. The summed E-state index contributed by atoms with van der Waals surface area (Å²) < 4.78 is 17.0. The van der Waals surface area contributed by atoms with Gasteiger partial charge in [-0.3, -0.25) is 4.79 Å². The predicted molar refractivity (Wildman–Crippen MR) is 127 cm³/mol. The molecule has 0 aliphatic carbocycles. The Hall–Kier alpha value is -3.12. The van der Waals surface area contributed by atoms with Gasteiger partial charge in [-0.1, -0.05) is 42.5 Å². The number of carbonyl (C=O) groups excluding carboxylic acids is 1. The van der Waals surface area contributed by atoms with E-state index in [9.17, 15) is 4.79 Å². The van der Waals surface area contributed by atoms with Crippen LogP contribution in [0, 0.1) is 0 Å². The molecule has 2 heterocycles. The lowest BCUT2D eigenvalue weighted by atomic mass is 9.74. The molecule has 0 unspecified atom stereocenters. The number of aromatic nitrogens is 1. The largest absolute Gasteiger partial charge is 0.494 e. The number of ether oxygens (including phenoxy) is 2. The van der Waals surface area contributed by atoms with Gasteiger partial charge in [0.15, 0.2) is 11.7 Å². The van der Waals surface area contributed by atoms with Crippen molar-refractivity contribution in [3.8, 4) is 17.1 Å². The van der Waals surface area contributed by atoms with E-state index < -0.39 is 0 Å². The van der Waals surface area contributed by atoms with Gasteiger partial charge in [0.1, 0.15) is 5.75 Å². The first-order chi connectivity index (χ1) is 16.2. The zero-order valence-corrected chi connectivity index (χ0v) is 19.2. The summed E-state index contributed by atoms with van der Waals surface area (Å²) in [4.78, 5) is 17.0. The quantitative estimate of drug-likeness (QED) is 0.476. The molecule has 2 aromatic carbocycles. The van der Waals surface area contributed by atoms with Crippen LogP contribution >= 0.6 is 0 Å². The molecule has 1 saturated heterocycles. The van der Waals surface area contributed by atoms with E-state index in [2.05, 4.69) is 22.4 Å². The normalized spacial score (nSPS) is 15.2. The van der Waals surface area contributed by atoms with E-state index in [0.717, 1.165) is 29.9 Å². The molecule has 6 nitrogen and oxygen atoms in total. The number of oxazole rings is 1. The average molecular weight is 449 g/mol. The van der Waals surface area contributed by atoms with Crippen LogP contribution in [0.5, 0.6) is 5.75 Å². The van der Waals surface area contributed by atoms with Crippen LogP contribution < -0.4 is 10.1 Å². The number of rotatable bonds is 10. The molecule has 1 aliphatic heterocycles. The van der Waals surface area contributed by atoms with Crippen LogP contribution in [-0.4, -0.2) is 37.3 Å². The molecule has 1 aromatic heterocycles. The van der Waals surface area contributed by atoms with Gasteiger partial charge in [-0.05, 0) is 43.9 Å². The van der Waals surface area contributed by atoms with Crippen LogP contribution in [0.3, 0.4) is 0 Å². The first-order valence-corrected chi connectivity index (χ1v) is 11.8. The predicted octanol–water partition coefficient (Wildman–Crippen LogP) is 4.93. The lowest BCUT2D eigenvalue weighted by molar-refractivity contribution is -0.121. The molecule has 1 fully saturated rings. The summed E-state index contributed by atoms with van der Waals surface area (Å²) in [7, 11) is 0. The topological polar surface area (TPSA) is 73.6 Å². The molecule has 1 N–H and O–H groups in total. The Bertz CT molecular complexity index is 1010. The van der Waals surface area contributed by atoms with Crippen molar-refractivity contribution >= 4 is 5.91 Å². The van der Waals surface area contributed by atoms with Crippen molar-refractivity contribution in [2.24, 2.45) is 0 Å². The van der Waals surface area contributed by atoms with Crippen LogP contribution in [0.4, 0.5) is 0 Å². The summed E-state index contributed by atoms with van der Waals surface area (Å²) in [5.41, 5.74) is 2.12. The van der Waals surface area contributed by atoms with Gasteiger partial charge < -0.3 is 19.2 Å². The van der Waals surface area contributed by atoms with Crippen molar-refractivity contribution in [1.82, 2.24) is 10.3 Å². The second-order valence-electron chi connectivity index (χ2n) is 8.46. The number of hydrogen-bond acceptors (Lipinski definition) is 5. The first-order valence-electron chi connectivity index (χ1n) is 11.8. The third-order valence-electron chi connectivity index (χ3n) is 6.26. The van der Waals surface area contributed by atoms with Gasteiger partial charge >= 0.3 is 0 Å². The second kappa shape index (κ2) is 11.1. The fraction of sp³-hybridized carbons (Fsp3) is 0.407. The smallest absolute Gasteiger partial charge is 0.220 e. The molecular formula is C27H32N2O4. The van der Waals surface area contributed by atoms with Crippen LogP contribution in [0.15, 0.2) is 65.2 Å². The fourth-order valence-corrected chi connectivity index (χ4v) is 4.32. The van der Waals surface area contributed by atoms with Crippen molar-refractivity contribution < 1.29 is 18.7 Å². The van der Waals surface area contributed by atoms with Gasteiger partial charge in [0.25, 0.3) is 0 Å². The van der Waals surface area contributed by atoms with Crippen molar-refractivity contribution in [2.75, 3.05) is 26.4 Å². The average Bonchev–Trinajstić information content (AvgIpc) is 3.34.